The summed E-state index contributed by atoms with van der Waals surface area (Å²) in [5.41, 5.74) is 0. The molecule has 0 spiro atoms. The third kappa shape index (κ3) is 3.23. The normalized spacial score (nSPS) is 47.8. The molecule has 2 saturated carbocycles. The van der Waals surface area contributed by atoms with Gasteiger partial charge < -0.3 is 19.7 Å². The van der Waals surface area contributed by atoms with E-state index in [1.807, 2.05) is 0 Å². The maximum atomic E-state index is 10.9. The number of hydrogen-bond donors (Lipinski definition) is 2. The fourth-order valence-corrected chi connectivity index (χ4v) is 5.74. The lowest BCUT2D eigenvalue weighted by atomic mass is 9.55. The minimum Gasteiger partial charge on any atom is -0.368 e. The van der Waals surface area contributed by atoms with Crippen LogP contribution in [0.4, 0.5) is 0 Å². The van der Waals surface area contributed by atoms with E-state index in [1.54, 1.807) is 0 Å². The quantitative estimate of drug-likeness (QED) is 0.619. The molecule has 3 aliphatic carbocycles. The van der Waals surface area contributed by atoms with E-state index >= 15 is 0 Å². The molecule has 4 rings (SSSR count). The molecule has 0 bridgehead atoms. The van der Waals surface area contributed by atoms with Gasteiger partial charge in [-0.1, -0.05) is 31.4 Å². The highest BCUT2D eigenvalue weighted by atomic mass is 16.8. The summed E-state index contributed by atoms with van der Waals surface area (Å²) in [7, 11) is 0. The molecule has 8 atom stereocenters. The Balaban J connectivity index is 1.50. The summed E-state index contributed by atoms with van der Waals surface area (Å²) < 4.78 is 11.2. The number of ether oxygens (including phenoxy) is 2. The Morgan fingerprint density at radius 2 is 1.78 bits per heavy atom. The van der Waals surface area contributed by atoms with Crippen molar-refractivity contribution in [2.45, 2.75) is 76.7 Å². The van der Waals surface area contributed by atoms with Gasteiger partial charge in [0.15, 0.2) is 18.9 Å². The molecule has 0 radical (unpaired) electrons. The average molecular weight is 322 g/mol. The first kappa shape index (κ1) is 16.1. The van der Waals surface area contributed by atoms with Gasteiger partial charge in [0.1, 0.15) is 0 Å². The summed E-state index contributed by atoms with van der Waals surface area (Å²) in [6, 6.07) is 0. The van der Waals surface area contributed by atoms with Crippen LogP contribution in [0.25, 0.3) is 0 Å². The van der Waals surface area contributed by atoms with Crippen LogP contribution < -0.4 is 0 Å². The molecule has 0 amide bonds. The fourth-order valence-electron chi connectivity index (χ4n) is 5.74. The van der Waals surface area contributed by atoms with Crippen LogP contribution in [0.15, 0.2) is 12.2 Å². The van der Waals surface area contributed by atoms with E-state index < -0.39 is 18.9 Å². The van der Waals surface area contributed by atoms with Crippen LogP contribution in [0.3, 0.4) is 0 Å². The van der Waals surface area contributed by atoms with Gasteiger partial charge in [0.25, 0.3) is 0 Å². The maximum Gasteiger partial charge on any atom is 0.164 e. The molecule has 0 aromatic carbocycles. The molecule has 3 fully saturated rings. The first-order valence-corrected chi connectivity index (χ1v) is 9.54. The predicted molar refractivity (Wildman–Crippen MR) is 86.1 cm³/mol. The van der Waals surface area contributed by atoms with Crippen molar-refractivity contribution >= 4 is 0 Å². The summed E-state index contributed by atoms with van der Waals surface area (Å²) >= 11 is 0. The van der Waals surface area contributed by atoms with Crippen LogP contribution in [0, 0.1) is 29.6 Å². The lowest BCUT2D eigenvalue weighted by Gasteiger charge is -2.51. The van der Waals surface area contributed by atoms with Gasteiger partial charge in [0, 0.05) is 18.8 Å². The van der Waals surface area contributed by atoms with Crippen LogP contribution in [0.2, 0.25) is 0 Å². The predicted octanol–water partition coefficient (Wildman–Crippen LogP) is 3.19. The number of fused-ring (bicyclic) bond motifs is 2. The Hall–Kier alpha value is -0.420. The van der Waals surface area contributed by atoms with E-state index in [0.717, 1.165) is 18.8 Å². The van der Waals surface area contributed by atoms with E-state index in [-0.39, 0.29) is 5.92 Å². The van der Waals surface area contributed by atoms with Gasteiger partial charge in [-0.05, 0) is 49.4 Å². The number of hydrogen-bond acceptors (Lipinski definition) is 4. The molecule has 4 heteroatoms. The largest absolute Gasteiger partial charge is 0.368 e. The van der Waals surface area contributed by atoms with E-state index in [0.29, 0.717) is 30.6 Å². The van der Waals surface area contributed by atoms with Crippen LogP contribution in [-0.4, -0.2) is 29.1 Å². The molecule has 4 nitrogen and oxygen atoms in total. The summed E-state index contributed by atoms with van der Waals surface area (Å²) in [6.45, 7) is 0. The molecular formula is C19H30O4. The van der Waals surface area contributed by atoms with Gasteiger partial charge in [-0.2, -0.15) is 0 Å². The molecule has 130 valence electrons. The summed E-state index contributed by atoms with van der Waals surface area (Å²) in [5, 5.41) is 20.4. The lowest BCUT2D eigenvalue weighted by Crippen LogP contribution is -2.48. The Bertz CT molecular complexity index is 437. The smallest absolute Gasteiger partial charge is 0.164 e. The topological polar surface area (TPSA) is 58.9 Å². The van der Waals surface area contributed by atoms with Crippen molar-refractivity contribution in [2.24, 2.45) is 29.6 Å². The van der Waals surface area contributed by atoms with E-state index in [4.69, 9.17) is 9.47 Å². The Kier molecular flexibility index (Phi) is 4.77. The van der Waals surface area contributed by atoms with Gasteiger partial charge in [-0.25, -0.2) is 0 Å². The molecule has 0 aromatic heterocycles. The molecule has 0 aromatic rings. The third-order valence-corrected chi connectivity index (χ3v) is 6.76. The van der Waals surface area contributed by atoms with Gasteiger partial charge in [-0.15, -0.1) is 0 Å². The number of aliphatic hydroxyl groups excluding tert-OH is 2. The van der Waals surface area contributed by atoms with Crippen LogP contribution in [0.1, 0.15) is 57.8 Å². The second kappa shape index (κ2) is 6.83. The minimum absolute atomic E-state index is 0.227. The highest BCUT2D eigenvalue weighted by Gasteiger charge is 2.48. The summed E-state index contributed by atoms with van der Waals surface area (Å²) in [5.74, 6) is 2.83. The minimum atomic E-state index is -0.754. The molecule has 2 N–H and O–H groups in total. The summed E-state index contributed by atoms with van der Waals surface area (Å²) in [6.07, 6.45) is 12.7. The van der Waals surface area contributed by atoms with Crippen molar-refractivity contribution in [3.63, 3.8) is 0 Å². The van der Waals surface area contributed by atoms with Crippen LogP contribution in [-0.2, 0) is 9.47 Å². The maximum absolute atomic E-state index is 10.9. The first-order valence-electron chi connectivity index (χ1n) is 9.54. The highest BCUT2D eigenvalue weighted by Crippen LogP contribution is 2.53. The lowest BCUT2D eigenvalue weighted by molar-refractivity contribution is -0.276. The van der Waals surface area contributed by atoms with Gasteiger partial charge in [0.2, 0.25) is 0 Å². The zero-order valence-electron chi connectivity index (χ0n) is 13.8. The zero-order chi connectivity index (χ0) is 15.8. The summed E-state index contributed by atoms with van der Waals surface area (Å²) in [4.78, 5) is 0. The van der Waals surface area contributed by atoms with Crippen molar-refractivity contribution < 1.29 is 19.7 Å². The Morgan fingerprint density at radius 3 is 2.61 bits per heavy atom. The number of aliphatic hydroxyl groups is 2. The molecule has 1 heterocycles. The van der Waals surface area contributed by atoms with E-state index in [1.165, 1.54) is 32.1 Å². The second-order valence-corrected chi connectivity index (χ2v) is 8.01. The van der Waals surface area contributed by atoms with E-state index in [9.17, 15) is 10.2 Å². The van der Waals surface area contributed by atoms with Gasteiger partial charge in [-0.3, -0.25) is 0 Å². The monoisotopic (exact) mass is 322 g/mol. The van der Waals surface area contributed by atoms with Gasteiger partial charge >= 0.3 is 0 Å². The van der Waals surface area contributed by atoms with Crippen LogP contribution in [0.5, 0.6) is 0 Å². The zero-order valence-corrected chi connectivity index (χ0v) is 13.8. The molecule has 4 aliphatic rings. The molecule has 1 saturated heterocycles. The average Bonchev–Trinajstić information content (AvgIpc) is 2.97. The Morgan fingerprint density at radius 1 is 0.957 bits per heavy atom. The third-order valence-electron chi connectivity index (χ3n) is 6.76. The fraction of sp³-hybridized carbons (Fsp3) is 0.895. The molecule has 1 aliphatic heterocycles. The van der Waals surface area contributed by atoms with Crippen molar-refractivity contribution in [1.82, 2.24) is 0 Å². The number of allylic oxidation sites excluding steroid dienone is 2. The molecule has 8 unspecified atom stereocenters. The number of rotatable bonds is 3. The van der Waals surface area contributed by atoms with Crippen molar-refractivity contribution in [3.8, 4) is 0 Å². The molecular weight excluding hydrogens is 292 g/mol. The molecule has 23 heavy (non-hydrogen) atoms. The van der Waals surface area contributed by atoms with Crippen LogP contribution >= 0.6 is 0 Å². The second-order valence-electron chi connectivity index (χ2n) is 8.01. The first-order chi connectivity index (χ1) is 11.2. The SMILES string of the molecule is OC1CCC(OC(O)C2C3CC=CCC3CC3CCCCC32)O1. The Labute approximate surface area is 138 Å². The van der Waals surface area contributed by atoms with Crippen molar-refractivity contribution in [2.75, 3.05) is 0 Å². The van der Waals surface area contributed by atoms with Gasteiger partial charge in [0.05, 0.1) is 0 Å². The van der Waals surface area contributed by atoms with Crippen molar-refractivity contribution in [3.05, 3.63) is 12.2 Å². The highest BCUT2D eigenvalue weighted by molar-refractivity contribution is 5.03. The standard InChI is InChI=1S/C19H30O4/c20-16-9-10-17(22-16)23-19(21)18-14-7-3-1-5-12(14)11-13-6-2-4-8-15(13)18/h1,3,12-21H,2,4-11H2. The van der Waals surface area contributed by atoms with Crippen molar-refractivity contribution in [1.29, 1.82) is 0 Å². The van der Waals surface area contributed by atoms with E-state index in [2.05, 4.69) is 12.2 Å².